The third kappa shape index (κ3) is 3.84. The normalized spacial score (nSPS) is 14.2. The molecule has 1 aliphatic rings. The van der Waals surface area contributed by atoms with Crippen molar-refractivity contribution in [3.8, 4) is 11.5 Å². The molecule has 0 aliphatic carbocycles. The molecule has 1 heterocycles. The van der Waals surface area contributed by atoms with Crippen molar-refractivity contribution in [3.05, 3.63) is 23.8 Å². The number of ether oxygens (including phenoxy) is 3. The molecule has 19 heavy (non-hydrogen) atoms. The van der Waals surface area contributed by atoms with Gasteiger partial charge >= 0.3 is 0 Å². The summed E-state index contributed by atoms with van der Waals surface area (Å²) in [6.07, 6.45) is 0.810. The van der Waals surface area contributed by atoms with Gasteiger partial charge in [0.25, 0.3) is 5.91 Å². The molecule has 0 spiro atoms. The maximum atomic E-state index is 11.9. The van der Waals surface area contributed by atoms with E-state index in [2.05, 4.69) is 21.2 Å². The number of halogens is 1. The van der Waals surface area contributed by atoms with Crippen LogP contribution in [0.5, 0.6) is 11.5 Å². The van der Waals surface area contributed by atoms with Crippen LogP contribution in [0, 0.1) is 0 Å². The summed E-state index contributed by atoms with van der Waals surface area (Å²) in [6, 6.07) is 5.16. The van der Waals surface area contributed by atoms with Gasteiger partial charge in [-0.05, 0) is 24.6 Å². The van der Waals surface area contributed by atoms with E-state index in [1.807, 2.05) is 0 Å². The van der Waals surface area contributed by atoms with Crippen molar-refractivity contribution in [2.75, 3.05) is 27.1 Å². The Bertz CT molecular complexity index is 452. The number of rotatable bonds is 6. The lowest BCUT2D eigenvalue weighted by Gasteiger charge is -2.09. The van der Waals surface area contributed by atoms with Crippen LogP contribution in [0.4, 0.5) is 0 Å². The molecule has 0 fully saturated rings. The van der Waals surface area contributed by atoms with Crippen LogP contribution in [-0.2, 0) is 4.74 Å². The van der Waals surface area contributed by atoms with Crippen LogP contribution in [-0.4, -0.2) is 37.8 Å². The summed E-state index contributed by atoms with van der Waals surface area (Å²) >= 11 is 3.47. The number of carbonyl (C=O) groups excluding carboxylic acids is 1. The van der Waals surface area contributed by atoms with E-state index in [0.29, 0.717) is 30.2 Å². The van der Waals surface area contributed by atoms with Gasteiger partial charge in [0.1, 0.15) is 0 Å². The van der Waals surface area contributed by atoms with Crippen molar-refractivity contribution in [1.29, 1.82) is 0 Å². The van der Waals surface area contributed by atoms with Crippen molar-refractivity contribution in [2.24, 2.45) is 0 Å². The monoisotopic (exact) mass is 329 g/mol. The predicted octanol–water partition coefficient (Wildman–Crippen LogP) is 1.95. The van der Waals surface area contributed by atoms with E-state index in [4.69, 9.17) is 14.2 Å². The van der Waals surface area contributed by atoms with E-state index in [-0.39, 0.29) is 17.5 Å². The van der Waals surface area contributed by atoms with Crippen LogP contribution in [0.15, 0.2) is 18.2 Å². The molecule has 0 aromatic heterocycles. The van der Waals surface area contributed by atoms with E-state index in [1.54, 1.807) is 25.3 Å². The second-order valence-electron chi connectivity index (χ2n) is 4.17. The molecule has 1 aromatic rings. The average Bonchev–Trinajstić information content (AvgIpc) is 2.86. The van der Waals surface area contributed by atoms with Crippen molar-refractivity contribution >= 4 is 21.8 Å². The number of amides is 1. The molecule has 2 rings (SSSR count). The molecule has 104 valence electrons. The van der Waals surface area contributed by atoms with Gasteiger partial charge in [-0.15, -0.1) is 0 Å². The molecular weight excluding hydrogens is 314 g/mol. The zero-order valence-corrected chi connectivity index (χ0v) is 12.2. The Morgan fingerprint density at radius 2 is 2.26 bits per heavy atom. The fraction of sp³-hybridized carbons (Fsp3) is 0.462. The minimum Gasteiger partial charge on any atom is -0.454 e. The van der Waals surface area contributed by atoms with E-state index < -0.39 is 0 Å². The van der Waals surface area contributed by atoms with Crippen LogP contribution in [0.1, 0.15) is 16.8 Å². The first kappa shape index (κ1) is 14.1. The minimum absolute atomic E-state index is 0.115. The van der Waals surface area contributed by atoms with E-state index >= 15 is 0 Å². The maximum Gasteiger partial charge on any atom is 0.251 e. The highest BCUT2D eigenvalue weighted by Crippen LogP contribution is 2.32. The lowest BCUT2D eigenvalue weighted by atomic mass is 10.2. The number of nitrogens with one attached hydrogen (secondary N) is 1. The molecule has 0 saturated heterocycles. The van der Waals surface area contributed by atoms with Crippen LogP contribution in [0.2, 0.25) is 0 Å². The summed E-state index contributed by atoms with van der Waals surface area (Å²) in [5, 5.41) is 2.86. The van der Waals surface area contributed by atoms with Gasteiger partial charge in [0.2, 0.25) is 6.79 Å². The van der Waals surface area contributed by atoms with Gasteiger partial charge in [0, 0.05) is 24.0 Å². The molecule has 1 aliphatic heterocycles. The number of benzene rings is 1. The summed E-state index contributed by atoms with van der Waals surface area (Å²) in [6.45, 7) is 1.43. The Morgan fingerprint density at radius 1 is 1.47 bits per heavy atom. The fourth-order valence-electron chi connectivity index (χ4n) is 1.75. The van der Waals surface area contributed by atoms with Crippen LogP contribution < -0.4 is 14.8 Å². The first-order valence-corrected chi connectivity index (χ1v) is 6.93. The van der Waals surface area contributed by atoms with E-state index in [0.717, 1.165) is 6.42 Å². The average molecular weight is 330 g/mol. The summed E-state index contributed by atoms with van der Waals surface area (Å²) in [4.78, 5) is 12.2. The maximum absolute atomic E-state index is 11.9. The number of alkyl halides is 1. The van der Waals surface area contributed by atoms with Gasteiger partial charge in [-0.2, -0.15) is 0 Å². The molecule has 1 N–H and O–H groups in total. The Hall–Kier alpha value is -1.27. The number of hydrogen-bond donors (Lipinski definition) is 1. The zero-order chi connectivity index (χ0) is 13.7. The van der Waals surface area contributed by atoms with E-state index in [1.165, 1.54) is 0 Å². The summed E-state index contributed by atoms with van der Waals surface area (Å²) < 4.78 is 15.4. The van der Waals surface area contributed by atoms with Gasteiger partial charge in [-0.1, -0.05) is 15.9 Å². The molecule has 6 heteroatoms. The SMILES string of the molecule is COCC(Br)CCNC(=O)c1ccc2c(c1)OCO2. The van der Waals surface area contributed by atoms with Crippen molar-refractivity contribution in [3.63, 3.8) is 0 Å². The number of methoxy groups -OCH3 is 1. The highest BCUT2D eigenvalue weighted by molar-refractivity contribution is 9.09. The molecule has 0 radical (unpaired) electrons. The molecule has 1 amide bonds. The molecular formula is C13H16BrNO4. The topological polar surface area (TPSA) is 56.8 Å². The highest BCUT2D eigenvalue weighted by atomic mass is 79.9. The third-order valence-corrected chi connectivity index (χ3v) is 3.45. The Kier molecular flexibility index (Phi) is 5.04. The van der Waals surface area contributed by atoms with Crippen LogP contribution >= 0.6 is 15.9 Å². The second-order valence-corrected chi connectivity index (χ2v) is 5.46. The molecule has 1 aromatic carbocycles. The highest BCUT2D eigenvalue weighted by Gasteiger charge is 2.16. The molecule has 0 bridgehead atoms. The zero-order valence-electron chi connectivity index (χ0n) is 10.6. The molecule has 1 unspecified atom stereocenters. The van der Waals surface area contributed by atoms with E-state index in [9.17, 15) is 4.79 Å². The van der Waals surface area contributed by atoms with Crippen LogP contribution in [0.25, 0.3) is 0 Å². The smallest absolute Gasteiger partial charge is 0.251 e. The van der Waals surface area contributed by atoms with Gasteiger partial charge in [-0.25, -0.2) is 0 Å². The van der Waals surface area contributed by atoms with Gasteiger partial charge in [0.05, 0.1) is 6.61 Å². The lowest BCUT2D eigenvalue weighted by molar-refractivity contribution is 0.0951. The first-order valence-electron chi connectivity index (χ1n) is 6.01. The molecule has 1 atom stereocenters. The fourth-order valence-corrected chi connectivity index (χ4v) is 2.24. The van der Waals surface area contributed by atoms with Crippen molar-refractivity contribution in [2.45, 2.75) is 11.2 Å². The van der Waals surface area contributed by atoms with Crippen molar-refractivity contribution < 1.29 is 19.0 Å². The first-order chi connectivity index (χ1) is 9.20. The largest absolute Gasteiger partial charge is 0.454 e. The predicted molar refractivity (Wildman–Crippen MR) is 74.1 cm³/mol. The third-order valence-electron chi connectivity index (χ3n) is 2.73. The Balaban J connectivity index is 1.83. The summed E-state index contributed by atoms with van der Waals surface area (Å²) in [5.74, 6) is 1.18. The molecule has 5 nitrogen and oxygen atoms in total. The number of carbonyl (C=O) groups is 1. The molecule has 0 saturated carbocycles. The van der Waals surface area contributed by atoms with Gasteiger partial charge in [-0.3, -0.25) is 4.79 Å². The summed E-state index contributed by atoms with van der Waals surface area (Å²) in [7, 11) is 1.65. The Labute approximate surface area is 120 Å². The second kappa shape index (κ2) is 6.77. The minimum atomic E-state index is -0.115. The lowest BCUT2D eigenvalue weighted by Crippen LogP contribution is -2.26. The quantitative estimate of drug-likeness (QED) is 0.810. The number of hydrogen-bond acceptors (Lipinski definition) is 4. The van der Waals surface area contributed by atoms with Crippen molar-refractivity contribution in [1.82, 2.24) is 5.32 Å². The van der Waals surface area contributed by atoms with Crippen LogP contribution in [0.3, 0.4) is 0 Å². The standard InChI is InChI=1S/C13H16BrNO4/c1-17-7-10(14)4-5-15-13(16)9-2-3-11-12(6-9)19-8-18-11/h2-3,6,10H,4-5,7-8H2,1H3,(H,15,16). The summed E-state index contributed by atoms with van der Waals surface area (Å²) in [5.41, 5.74) is 0.571. The van der Waals surface area contributed by atoms with Gasteiger partial charge in [0.15, 0.2) is 11.5 Å². The Morgan fingerprint density at radius 3 is 3.05 bits per heavy atom. The van der Waals surface area contributed by atoms with Gasteiger partial charge < -0.3 is 19.5 Å². The number of fused-ring (bicyclic) bond motifs is 1.